The van der Waals surface area contributed by atoms with E-state index in [1.165, 1.54) is 0 Å². The number of pyridine rings is 1. The van der Waals surface area contributed by atoms with Crippen LogP contribution in [-0.4, -0.2) is 31.0 Å². The number of nitrogens with one attached hydrogen (secondary N) is 1. The maximum atomic E-state index is 5.44. The number of aryl methyl sites for hydroxylation is 1. The molecule has 0 aliphatic heterocycles. The van der Waals surface area contributed by atoms with Crippen molar-refractivity contribution in [2.75, 3.05) is 19.8 Å². The Balaban J connectivity index is 2.30. The van der Waals surface area contributed by atoms with Crippen molar-refractivity contribution in [3.63, 3.8) is 0 Å². The van der Waals surface area contributed by atoms with E-state index in [0.29, 0.717) is 19.8 Å². The zero-order valence-corrected chi connectivity index (χ0v) is 10.9. The summed E-state index contributed by atoms with van der Waals surface area (Å²) in [5.74, 6) is 0. The van der Waals surface area contributed by atoms with Gasteiger partial charge in [-0.2, -0.15) is 0 Å². The summed E-state index contributed by atoms with van der Waals surface area (Å²) >= 11 is 0. The van der Waals surface area contributed by atoms with Gasteiger partial charge in [0.1, 0.15) is 0 Å². The second-order valence-electron chi connectivity index (χ2n) is 3.74. The van der Waals surface area contributed by atoms with Gasteiger partial charge in [-0.1, -0.05) is 6.07 Å². The lowest BCUT2D eigenvalue weighted by Gasteiger charge is -2.17. The molecule has 1 aromatic heterocycles. The van der Waals surface area contributed by atoms with Crippen LogP contribution in [0.15, 0.2) is 18.2 Å². The van der Waals surface area contributed by atoms with Gasteiger partial charge in [0.25, 0.3) is 0 Å². The maximum absolute atomic E-state index is 5.44. The molecule has 1 N–H and O–H groups in total. The zero-order chi connectivity index (χ0) is 12.5. The number of hydrogen-bond acceptors (Lipinski definition) is 4. The number of hydrogen-bond donors (Lipinski definition) is 1. The molecule has 0 amide bonds. The Morgan fingerprint density at radius 3 is 2.53 bits per heavy atom. The first-order chi connectivity index (χ1) is 8.26. The van der Waals surface area contributed by atoms with Crippen molar-refractivity contribution < 1.29 is 9.47 Å². The molecule has 0 aromatic carbocycles. The molecule has 0 atom stereocenters. The van der Waals surface area contributed by atoms with E-state index in [0.717, 1.165) is 17.9 Å². The van der Waals surface area contributed by atoms with Crippen LogP contribution in [0, 0.1) is 6.92 Å². The summed E-state index contributed by atoms with van der Waals surface area (Å²) in [5.41, 5.74) is 2.08. The maximum Gasteiger partial charge on any atom is 0.169 e. The van der Waals surface area contributed by atoms with Gasteiger partial charge in [-0.3, -0.25) is 4.98 Å². The molecule has 0 saturated carbocycles. The van der Waals surface area contributed by atoms with Crippen LogP contribution in [-0.2, 0) is 16.0 Å². The molecule has 4 heteroatoms. The fraction of sp³-hybridized carbons (Fsp3) is 0.615. The highest BCUT2D eigenvalue weighted by Crippen LogP contribution is 1.98. The molecule has 0 spiro atoms. The standard InChI is InChI=1S/C13H22N2O2/c1-4-16-13(17-5-2)10-14-9-12-8-6-7-11(3)15-12/h6-8,13-14H,4-5,9-10H2,1-3H3. The lowest BCUT2D eigenvalue weighted by molar-refractivity contribution is -0.133. The van der Waals surface area contributed by atoms with E-state index < -0.39 is 0 Å². The summed E-state index contributed by atoms with van der Waals surface area (Å²) in [6.45, 7) is 8.66. The largest absolute Gasteiger partial charge is 0.352 e. The van der Waals surface area contributed by atoms with Crippen LogP contribution in [0.25, 0.3) is 0 Å². The summed E-state index contributed by atoms with van der Waals surface area (Å²) in [6, 6.07) is 6.02. The summed E-state index contributed by atoms with van der Waals surface area (Å²) in [6.07, 6.45) is -0.171. The topological polar surface area (TPSA) is 43.4 Å². The van der Waals surface area contributed by atoms with Crippen LogP contribution in [0.1, 0.15) is 25.2 Å². The molecular weight excluding hydrogens is 216 g/mol. The van der Waals surface area contributed by atoms with Crippen molar-refractivity contribution in [3.05, 3.63) is 29.6 Å². The average molecular weight is 238 g/mol. The summed E-state index contributed by atoms with van der Waals surface area (Å²) in [4.78, 5) is 4.42. The van der Waals surface area contributed by atoms with Crippen molar-refractivity contribution in [2.24, 2.45) is 0 Å². The van der Waals surface area contributed by atoms with Crippen molar-refractivity contribution in [2.45, 2.75) is 33.6 Å². The quantitative estimate of drug-likeness (QED) is 0.702. The number of nitrogens with zero attached hydrogens (tertiary/aromatic N) is 1. The van der Waals surface area contributed by atoms with E-state index in [9.17, 15) is 0 Å². The Hall–Kier alpha value is -0.970. The third-order valence-corrected chi connectivity index (χ3v) is 2.27. The predicted molar refractivity (Wildman–Crippen MR) is 67.7 cm³/mol. The molecule has 96 valence electrons. The van der Waals surface area contributed by atoms with Crippen LogP contribution in [0.4, 0.5) is 0 Å². The van der Waals surface area contributed by atoms with Crippen LogP contribution in [0.2, 0.25) is 0 Å². The van der Waals surface area contributed by atoms with E-state index in [1.807, 2.05) is 39.0 Å². The molecule has 0 fully saturated rings. The average Bonchev–Trinajstić information content (AvgIpc) is 2.30. The van der Waals surface area contributed by atoms with Gasteiger partial charge in [0.2, 0.25) is 0 Å². The molecule has 0 radical (unpaired) electrons. The molecule has 0 aliphatic rings. The van der Waals surface area contributed by atoms with Gasteiger partial charge >= 0.3 is 0 Å². The van der Waals surface area contributed by atoms with Gasteiger partial charge in [-0.25, -0.2) is 0 Å². The van der Waals surface area contributed by atoms with E-state index in [2.05, 4.69) is 10.3 Å². The van der Waals surface area contributed by atoms with Crippen LogP contribution < -0.4 is 5.32 Å². The third kappa shape index (κ3) is 5.77. The van der Waals surface area contributed by atoms with Crippen LogP contribution >= 0.6 is 0 Å². The molecule has 1 heterocycles. The van der Waals surface area contributed by atoms with Crippen molar-refractivity contribution in [1.29, 1.82) is 0 Å². The number of rotatable bonds is 8. The first-order valence-electron chi connectivity index (χ1n) is 6.12. The molecule has 1 rings (SSSR count). The lowest BCUT2D eigenvalue weighted by Crippen LogP contribution is -2.31. The first-order valence-corrected chi connectivity index (χ1v) is 6.12. The van der Waals surface area contributed by atoms with Crippen molar-refractivity contribution in [3.8, 4) is 0 Å². The minimum Gasteiger partial charge on any atom is -0.352 e. The minimum atomic E-state index is -0.171. The monoisotopic (exact) mass is 238 g/mol. The van der Waals surface area contributed by atoms with E-state index in [-0.39, 0.29) is 6.29 Å². The van der Waals surface area contributed by atoms with Gasteiger partial charge in [0.05, 0.1) is 5.69 Å². The summed E-state index contributed by atoms with van der Waals surface area (Å²) < 4.78 is 10.9. The molecule has 0 unspecified atom stereocenters. The Bertz CT molecular complexity index is 312. The Morgan fingerprint density at radius 1 is 1.24 bits per heavy atom. The highest BCUT2D eigenvalue weighted by atomic mass is 16.7. The normalized spacial score (nSPS) is 11.1. The Morgan fingerprint density at radius 2 is 1.94 bits per heavy atom. The lowest BCUT2D eigenvalue weighted by atomic mass is 10.3. The molecule has 0 aliphatic carbocycles. The van der Waals surface area contributed by atoms with Gasteiger partial charge < -0.3 is 14.8 Å². The van der Waals surface area contributed by atoms with Crippen molar-refractivity contribution in [1.82, 2.24) is 10.3 Å². The number of aromatic nitrogens is 1. The zero-order valence-electron chi connectivity index (χ0n) is 10.9. The molecule has 0 saturated heterocycles. The van der Waals surface area contributed by atoms with Gasteiger partial charge in [-0.05, 0) is 32.9 Å². The van der Waals surface area contributed by atoms with Gasteiger partial charge in [0, 0.05) is 32.0 Å². The summed E-state index contributed by atoms with van der Waals surface area (Å²) in [7, 11) is 0. The molecule has 17 heavy (non-hydrogen) atoms. The van der Waals surface area contributed by atoms with Crippen LogP contribution in [0.3, 0.4) is 0 Å². The smallest absolute Gasteiger partial charge is 0.169 e. The predicted octanol–water partition coefficient (Wildman–Crippen LogP) is 1.88. The highest BCUT2D eigenvalue weighted by Gasteiger charge is 2.06. The van der Waals surface area contributed by atoms with E-state index in [1.54, 1.807) is 0 Å². The second kappa shape index (κ2) is 8.17. The fourth-order valence-corrected chi connectivity index (χ4v) is 1.55. The molecule has 0 bridgehead atoms. The number of ether oxygens (including phenoxy) is 2. The third-order valence-electron chi connectivity index (χ3n) is 2.27. The second-order valence-corrected chi connectivity index (χ2v) is 3.74. The molecule has 1 aromatic rings. The summed E-state index contributed by atoms with van der Waals surface area (Å²) in [5, 5.41) is 3.29. The van der Waals surface area contributed by atoms with Gasteiger partial charge in [-0.15, -0.1) is 0 Å². The van der Waals surface area contributed by atoms with Crippen LogP contribution in [0.5, 0.6) is 0 Å². The Kier molecular flexibility index (Phi) is 6.77. The fourth-order valence-electron chi connectivity index (χ4n) is 1.55. The Labute approximate surface area is 103 Å². The van der Waals surface area contributed by atoms with Gasteiger partial charge in [0.15, 0.2) is 6.29 Å². The first kappa shape index (κ1) is 14.1. The SMILES string of the molecule is CCOC(CNCc1cccc(C)n1)OCC. The molecular formula is C13H22N2O2. The minimum absolute atomic E-state index is 0.171. The highest BCUT2D eigenvalue weighted by molar-refractivity contribution is 5.09. The van der Waals surface area contributed by atoms with E-state index in [4.69, 9.17) is 9.47 Å². The van der Waals surface area contributed by atoms with E-state index >= 15 is 0 Å². The van der Waals surface area contributed by atoms with Crippen molar-refractivity contribution >= 4 is 0 Å². The molecule has 4 nitrogen and oxygen atoms in total.